The Bertz CT molecular complexity index is 490. The van der Waals surface area contributed by atoms with E-state index in [1.54, 1.807) is 12.1 Å². The number of carbonyl (C=O) groups excluding carboxylic acids is 1. The topological polar surface area (TPSA) is 26.3 Å². The molecule has 1 saturated carbocycles. The van der Waals surface area contributed by atoms with E-state index in [2.05, 4.69) is 0 Å². The van der Waals surface area contributed by atoms with Crippen LogP contribution < -0.4 is 0 Å². The molecule has 1 aromatic carbocycles. The lowest BCUT2D eigenvalue weighted by molar-refractivity contribution is -0.0383. The summed E-state index contributed by atoms with van der Waals surface area (Å²) in [6.07, 6.45) is 0.920. The second kappa shape index (κ2) is 5.51. The summed E-state index contributed by atoms with van der Waals surface area (Å²) >= 11 is 0. The second-order valence-electron chi connectivity index (χ2n) is 5.65. The number of hydrogen-bond acceptors (Lipinski definition) is 2. The van der Waals surface area contributed by atoms with Crippen molar-refractivity contribution in [3.05, 3.63) is 34.4 Å². The lowest BCUT2D eigenvalue weighted by Gasteiger charge is -2.30. The van der Waals surface area contributed by atoms with Gasteiger partial charge in [0, 0.05) is 12.8 Å². The summed E-state index contributed by atoms with van der Waals surface area (Å²) < 4.78 is 31.2. The minimum absolute atomic E-state index is 0.0463. The van der Waals surface area contributed by atoms with Gasteiger partial charge >= 0.3 is 5.97 Å². The average Bonchev–Trinajstić information content (AvgIpc) is 2.38. The zero-order valence-electron chi connectivity index (χ0n) is 12.1. The molecule has 1 fully saturated rings. The molecule has 0 unspecified atom stereocenters. The molecular formula is C16H20F2O2. The third kappa shape index (κ3) is 3.00. The average molecular weight is 282 g/mol. The first-order chi connectivity index (χ1) is 9.34. The summed E-state index contributed by atoms with van der Waals surface area (Å²) in [4.78, 5) is 11.6. The van der Waals surface area contributed by atoms with E-state index in [4.69, 9.17) is 4.74 Å². The Morgan fingerprint density at radius 3 is 2.15 bits per heavy atom. The quantitative estimate of drug-likeness (QED) is 0.752. The number of hydrogen-bond donors (Lipinski definition) is 0. The van der Waals surface area contributed by atoms with Gasteiger partial charge in [-0.2, -0.15) is 0 Å². The summed E-state index contributed by atoms with van der Waals surface area (Å²) in [7, 11) is 1.35. The van der Waals surface area contributed by atoms with Crippen molar-refractivity contribution < 1.29 is 18.3 Å². The molecule has 0 bridgehead atoms. The van der Waals surface area contributed by atoms with Crippen LogP contribution in [0, 0.1) is 13.8 Å². The predicted octanol–water partition coefficient (Wildman–Crippen LogP) is 4.38. The maximum atomic E-state index is 13.2. The highest BCUT2D eigenvalue weighted by Crippen LogP contribution is 2.42. The number of rotatable bonds is 2. The third-order valence-corrected chi connectivity index (χ3v) is 4.14. The van der Waals surface area contributed by atoms with Crippen LogP contribution in [0.3, 0.4) is 0 Å². The minimum atomic E-state index is -2.51. The first-order valence-corrected chi connectivity index (χ1v) is 6.91. The predicted molar refractivity (Wildman–Crippen MR) is 73.4 cm³/mol. The van der Waals surface area contributed by atoms with Gasteiger partial charge < -0.3 is 4.74 Å². The van der Waals surface area contributed by atoms with Crippen molar-refractivity contribution in [3.63, 3.8) is 0 Å². The van der Waals surface area contributed by atoms with Crippen LogP contribution >= 0.6 is 0 Å². The minimum Gasteiger partial charge on any atom is -0.465 e. The van der Waals surface area contributed by atoms with Crippen molar-refractivity contribution in [2.45, 2.75) is 51.4 Å². The fraction of sp³-hybridized carbons (Fsp3) is 0.562. The summed E-state index contributed by atoms with van der Waals surface area (Å²) in [5.41, 5.74) is 3.61. The van der Waals surface area contributed by atoms with Gasteiger partial charge in [0.15, 0.2) is 0 Å². The highest BCUT2D eigenvalue weighted by atomic mass is 19.3. The molecular weight excluding hydrogens is 262 g/mol. The monoisotopic (exact) mass is 282 g/mol. The Hall–Kier alpha value is -1.45. The largest absolute Gasteiger partial charge is 0.465 e. The van der Waals surface area contributed by atoms with E-state index >= 15 is 0 Å². The number of ether oxygens (including phenoxy) is 1. The van der Waals surface area contributed by atoms with Crippen LogP contribution in [0.4, 0.5) is 8.78 Å². The molecule has 1 aliphatic carbocycles. The first-order valence-electron chi connectivity index (χ1n) is 6.91. The Balaban J connectivity index is 2.27. The van der Waals surface area contributed by atoms with Crippen LogP contribution in [0.1, 0.15) is 58.6 Å². The van der Waals surface area contributed by atoms with E-state index in [1.165, 1.54) is 7.11 Å². The molecule has 0 N–H and O–H groups in total. The summed E-state index contributed by atoms with van der Waals surface area (Å²) in [6.45, 7) is 3.86. The van der Waals surface area contributed by atoms with Gasteiger partial charge in [-0.1, -0.05) is 0 Å². The van der Waals surface area contributed by atoms with Crippen molar-refractivity contribution in [3.8, 4) is 0 Å². The van der Waals surface area contributed by atoms with E-state index in [1.807, 2.05) is 13.8 Å². The van der Waals surface area contributed by atoms with Crippen molar-refractivity contribution in [1.82, 2.24) is 0 Å². The van der Waals surface area contributed by atoms with Crippen LogP contribution in [0.25, 0.3) is 0 Å². The molecule has 0 aromatic heterocycles. The van der Waals surface area contributed by atoms with Crippen LogP contribution in [0.15, 0.2) is 12.1 Å². The number of alkyl halides is 2. The Labute approximate surface area is 118 Å². The van der Waals surface area contributed by atoms with Gasteiger partial charge in [0.2, 0.25) is 5.92 Å². The van der Waals surface area contributed by atoms with E-state index in [-0.39, 0.29) is 24.7 Å². The number of halogens is 2. The van der Waals surface area contributed by atoms with Gasteiger partial charge in [0.25, 0.3) is 0 Å². The molecule has 0 saturated heterocycles. The molecule has 1 aromatic rings. The number of methoxy groups -OCH3 is 1. The molecule has 110 valence electrons. The highest BCUT2D eigenvalue weighted by molar-refractivity contribution is 5.90. The lowest BCUT2D eigenvalue weighted by Crippen LogP contribution is -2.24. The second-order valence-corrected chi connectivity index (χ2v) is 5.65. The Morgan fingerprint density at radius 1 is 1.20 bits per heavy atom. The molecule has 0 aliphatic heterocycles. The van der Waals surface area contributed by atoms with Gasteiger partial charge in [0.05, 0.1) is 12.7 Å². The molecule has 20 heavy (non-hydrogen) atoms. The Kier molecular flexibility index (Phi) is 4.11. The molecule has 4 heteroatoms. The number of esters is 1. The summed E-state index contributed by atoms with van der Waals surface area (Å²) in [5, 5.41) is 0. The van der Waals surface area contributed by atoms with Gasteiger partial charge in [-0.25, -0.2) is 13.6 Å². The number of aryl methyl sites for hydroxylation is 2. The number of benzene rings is 1. The molecule has 0 radical (unpaired) electrons. The van der Waals surface area contributed by atoms with Crippen LogP contribution in [0.5, 0.6) is 0 Å². The zero-order valence-corrected chi connectivity index (χ0v) is 12.1. The van der Waals surface area contributed by atoms with Crippen LogP contribution in [-0.2, 0) is 4.74 Å². The summed E-state index contributed by atoms with van der Waals surface area (Å²) in [5.74, 6) is -2.70. The molecule has 0 atom stereocenters. The molecule has 0 amide bonds. The van der Waals surface area contributed by atoms with Crippen molar-refractivity contribution in [2.75, 3.05) is 7.11 Å². The van der Waals surface area contributed by atoms with E-state index in [0.717, 1.165) is 16.7 Å². The molecule has 1 aliphatic rings. The standard InChI is InChI=1S/C16H20F2O2/c1-10-8-13(15(19)20-3)9-11(2)14(10)12-4-6-16(17,18)7-5-12/h8-9,12H,4-7H2,1-3H3. The fourth-order valence-electron chi connectivity index (χ4n) is 3.18. The third-order valence-electron chi connectivity index (χ3n) is 4.14. The maximum absolute atomic E-state index is 13.2. The van der Waals surface area contributed by atoms with E-state index < -0.39 is 5.92 Å². The van der Waals surface area contributed by atoms with Crippen LogP contribution in [0.2, 0.25) is 0 Å². The van der Waals surface area contributed by atoms with Gasteiger partial charge in [0.1, 0.15) is 0 Å². The SMILES string of the molecule is COC(=O)c1cc(C)c(C2CCC(F)(F)CC2)c(C)c1. The molecule has 2 nitrogen and oxygen atoms in total. The van der Waals surface area contributed by atoms with Gasteiger partial charge in [-0.15, -0.1) is 0 Å². The molecule has 2 rings (SSSR count). The van der Waals surface area contributed by atoms with Gasteiger partial charge in [-0.05, 0) is 61.4 Å². The molecule has 0 heterocycles. The molecule has 0 spiro atoms. The normalized spacial score (nSPS) is 18.9. The Morgan fingerprint density at radius 2 is 1.70 bits per heavy atom. The number of carbonyl (C=O) groups is 1. The van der Waals surface area contributed by atoms with Gasteiger partial charge in [-0.3, -0.25) is 0 Å². The maximum Gasteiger partial charge on any atom is 0.337 e. The zero-order chi connectivity index (χ0) is 14.9. The smallest absolute Gasteiger partial charge is 0.337 e. The first kappa shape index (κ1) is 14.9. The van der Waals surface area contributed by atoms with Crippen molar-refractivity contribution in [2.24, 2.45) is 0 Å². The summed E-state index contributed by atoms with van der Waals surface area (Å²) in [6, 6.07) is 3.59. The van der Waals surface area contributed by atoms with Crippen LogP contribution in [-0.4, -0.2) is 19.0 Å². The lowest BCUT2D eigenvalue weighted by atomic mass is 9.78. The van der Waals surface area contributed by atoms with E-state index in [0.29, 0.717) is 18.4 Å². The van der Waals surface area contributed by atoms with Crippen molar-refractivity contribution >= 4 is 5.97 Å². The fourth-order valence-corrected chi connectivity index (χ4v) is 3.18. The van der Waals surface area contributed by atoms with E-state index in [9.17, 15) is 13.6 Å². The highest BCUT2D eigenvalue weighted by Gasteiger charge is 2.36. The van der Waals surface area contributed by atoms with Crippen molar-refractivity contribution in [1.29, 1.82) is 0 Å².